The van der Waals surface area contributed by atoms with Crippen LogP contribution in [0, 0.1) is 6.92 Å². The molecule has 0 radical (unpaired) electrons. The van der Waals surface area contributed by atoms with Gasteiger partial charge in [-0.1, -0.05) is 43.6 Å². The van der Waals surface area contributed by atoms with Gasteiger partial charge >= 0.3 is 0 Å². The summed E-state index contributed by atoms with van der Waals surface area (Å²) in [6.45, 7) is 6.30. The van der Waals surface area contributed by atoms with E-state index >= 15 is 0 Å². The molecule has 1 N–H and O–H groups in total. The molecule has 0 unspecified atom stereocenters. The Morgan fingerprint density at radius 1 is 1.23 bits per heavy atom. The zero-order valence-corrected chi connectivity index (χ0v) is 13.8. The molecule has 3 nitrogen and oxygen atoms in total. The van der Waals surface area contributed by atoms with Crippen LogP contribution < -0.4 is 10.1 Å². The highest BCUT2D eigenvalue weighted by molar-refractivity contribution is 6.33. The molecular weight excluding hydrogens is 298 g/mol. The summed E-state index contributed by atoms with van der Waals surface area (Å²) in [4.78, 5) is 11.9. The van der Waals surface area contributed by atoms with E-state index in [1.54, 1.807) is 12.1 Å². The van der Waals surface area contributed by atoms with Crippen LogP contribution >= 0.6 is 11.6 Å². The smallest absolute Gasteiger partial charge is 0.262 e. The molecule has 0 saturated heterocycles. The van der Waals surface area contributed by atoms with E-state index < -0.39 is 0 Å². The lowest BCUT2D eigenvalue weighted by atomic mass is 9.98. The lowest BCUT2D eigenvalue weighted by Crippen LogP contribution is -2.20. The lowest BCUT2D eigenvalue weighted by Gasteiger charge is -2.12. The maximum Gasteiger partial charge on any atom is 0.262 e. The number of hydrogen-bond acceptors (Lipinski definition) is 2. The van der Waals surface area contributed by atoms with Gasteiger partial charge in [-0.2, -0.15) is 0 Å². The summed E-state index contributed by atoms with van der Waals surface area (Å²) in [5.41, 5.74) is 3.04. The maximum absolute atomic E-state index is 11.9. The normalized spacial score (nSPS) is 10.6. The largest absolute Gasteiger partial charge is 0.484 e. The average Bonchev–Trinajstić information content (AvgIpc) is 2.47. The molecule has 0 saturated carbocycles. The van der Waals surface area contributed by atoms with E-state index in [4.69, 9.17) is 16.3 Å². The summed E-state index contributed by atoms with van der Waals surface area (Å²) in [6, 6.07) is 13.0. The number of halogens is 1. The van der Waals surface area contributed by atoms with Gasteiger partial charge in [0.25, 0.3) is 5.91 Å². The van der Waals surface area contributed by atoms with Crippen molar-refractivity contribution in [1.29, 1.82) is 0 Å². The molecule has 2 aromatic rings. The Balaban J connectivity index is 1.94. The molecule has 0 atom stereocenters. The number of carbonyl (C=O) groups excluding carboxylic acids is 1. The molecule has 4 heteroatoms. The van der Waals surface area contributed by atoms with Crippen molar-refractivity contribution in [2.45, 2.75) is 26.7 Å². The Morgan fingerprint density at radius 3 is 2.59 bits per heavy atom. The Kier molecular flexibility index (Phi) is 5.45. The standard InChI is InChI=1S/C18H20ClNO2/c1-12(2)15-9-8-14(10-13(15)3)22-11-18(21)20-17-7-5-4-6-16(17)19/h4-10,12H,11H2,1-3H3,(H,20,21). The van der Waals surface area contributed by atoms with Gasteiger partial charge in [0.05, 0.1) is 10.7 Å². The molecule has 0 fully saturated rings. The number of benzene rings is 2. The van der Waals surface area contributed by atoms with E-state index in [2.05, 4.69) is 19.2 Å². The predicted octanol–water partition coefficient (Wildman–Crippen LogP) is 4.79. The van der Waals surface area contributed by atoms with Gasteiger partial charge < -0.3 is 10.1 Å². The first-order chi connectivity index (χ1) is 10.5. The molecule has 2 aromatic carbocycles. The molecule has 2 rings (SSSR count). The van der Waals surface area contributed by atoms with E-state index in [0.29, 0.717) is 22.4 Å². The number of hydrogen-bond donors (Lipinski definition) is 1. The van der Waals surface area contributed by atoms with Crippen LogP contribution in [0.25, 0.3) is 0 Å². The Labute approximate surface area is 136 Å². The molecular formula is C18H20ClNO2. The van der Waals surface area contributed by atoms with Crippen LogP contribution in [-0.4, -0.2) is 12.5 Å². The zero-order valence-electron chi connectivity index (χ0n) is 13.0. The summed E-state index contributed by atoms with van der Waals surface area (Å²) in [7, 11) is 0. The van der Waals surface area contributed by atoms with Crippen molar-refractivity contribution in [2.75, 3.05) is 11.9 Å². The summed E-state index contributed by atoms with van der Waals surface area (Å²) >= 11 is 6.00. The molecule has 116 valence electrons. The van der Waals surface area contributed by atoms with Gasteiger partial charge in [-0.15, -0.1) is 0 Å². The van der Waals surface area contributed by atoms with Crippen molar-refractivity contribution < 1.29 is 9.53 Å². The summed E-state index contributed by atoms with van der Waals surface area (Å²) < 4.78 is 5.54. The molecule has 0 aliphatic heterocycles. The van der Waals surface area contributed by atoms with E-state index in [0.717, 1.165) is 0 Å². The molecule has 0 bridgehead atoms. The van der Waals surface area contributed by atoms with E-state index in [-0.39, 0.29) is 12.5 Å². The average molecular weight is 318 g/mol. The molecule has 0 aliphatic rings. The van der Waals surface area contributed by atoms with Crippen LogP contribution in [0.5, 0.6) is 5.75 Å². The second-order valence-corrected chi connectivity index (χ2v) is 5.90. The number of rotatable bonds is 5. The SMILES string of the molecule is Cc1cc(OCC(=O)Nc2ccccc2Cl)ccc1C(C)C. The summed E-state index contributed by atoms with van der Waals surface area (Å²) in [5, 5.41) is 3.24. The van der Waals surface area contributed by atoms with E-state index in [1.165, 1.54) is 11.1 Å². The highest BCUT2D eigenvalue weighted by Gasteiger charge is 2.08. The van der Waals surface area contributed by atoms with Crippen molar-refractivity contribution in [3.8, 4) is 5.75 Å². The molecule has 22 heavy (non-hydrogen) atoms. The van der Waals surface area contributed by atoms with Crippen molar-refractivity contribution in [3.05, 3.63) is 58.6 Å². The third-order valence-electron chi connectivity index (χ3n) is 3.38. The summed E-state index contributed by atoms with van der Waals surface area (Å²) in [6.07, 6.45) is 0. The maximum atomic E-state index is 11.9. The van der Waals surface area contributed by atoms with E-state index in [1.807, 2.05) is 37.3 Å². The molecule has 0 heterocycles. The number of ether oxygens (including phenoxy) is 1. The highest BCUT2D eigenvalue weighted by Crippen LogP contribution is 2.24. The van der Waals surface area contributed by atoms with Crippen molar-refractivity contribution in [2.24, 2.45) is 0 Å². The molecule has 1 amide bonds. The Hall–Kier alpha value is -2.00. The van der Waals surface area contributed by atoms with Gasteiger partial charge in [0.2, 0.25) is 0 Å². The van der Waals surface area contributed by atoms with Gasteiger partial charge in [-0.25, -0.2) is 0 Å². The zero-order chi connectivity index (χ0) is 16.1. The fraction of sp³-hybridized carbons (Fsp3) is 0.278. The highest BCUT2D eigenvalue weighted by atomic mass is 35.5. The second kappa shape index (κ2) is 7.32. The third kappa shape index (κ3) is 4.25. The number of nitrogens with one attached hydrogen (secondary N) is 1. The first-order valence-corrected chi connectivity index (χ1v) is 7.63. The van der Waals surface area contributed by atoms with Crippen LogP contribution in [0.4, 0.5) is 5.69 Å². The fourth-order valence-electron chi connectivity index (χ4n) is 2.28. The van der Waals surface area contributed by atoms with Crippen LogP contribution in [-0.2, 0) is 4.79 Å². The Morgan fingerprint density at radius 2 is 1.95 bits per heavy atom. The van der Waals surface area contributed by atoms with Gasteiger partial charge in [0.15, 0.2) is 6.61 Å². The molecule has 0 aliphatic carbocycles. The monoisotopic (exact) mass is 317 g/mol. The topological polar surface area (TPSA) is 38.3 Å². The quantitative estimate of drug-likeness (QED) is 0.861. The number of aryl methyl sites for hydroxylation is 1. The first kappa shape index (κ1) is 16.4. The molecule has 0 spiro atoms. The number of para-hydroxylation sites is 1. The van der Waals surface area contributed by atoms with Gasteiger partial charge in [-0.3, -0.25) is 4.79 Å². The summed E-state index contributed by atoms with van der Waals surface area (Å²) in [5.74, 6) is 0.924. The number of carbonyl (C=O) groups is 1. The van der Waals surface area contributed by atoms with E-state index in [9.17, 15) is 4.79 Å². The van der Waals surface area contributed by atoms with Crippen molar-refractivity contribution >= 4 is 23.2 Å². The fourth-order valence-corrected chi connectivity index (χ4v) is 2.47. The van der Waals surface area contributed by atoms with Crippen LogP contribution in [0.1, 0.15) is 30.9 Å². The predicted molar refractivity (Wildman–Crippen MR) is 90.8 cm³/mol. The van der Waals surface area contributed by atoms with Crippen molar-refractivity contribution in [3.63, 3.8) is 0 Å². The second-order valence-electron chi connectivity index (χ2n) is 5.49. The van der Waals surface area contributed by atoms with Crippen molar-refractivity contribution in [1.82, 2.24) is 0 Å². The van der Waals surface area contributed by atoms with Gasteiger partial charge in [0, 0.05) is 0 Å². The van der Waals surface area contributed by atoms with Gasteiger partial charge in [0.1, 0.15) is 5.75 Å². The first-order valence-electron chi connectivity index (χ1n) is 7.25. The number of amides is 1. The van der Waals surface area contributed by atoms with Crippen LogP contribution in [0.15, 0.2) is 42.5 Å². The lowest BCUT2D eigenvalue weighted by molar-refractivity contribution is -0.118. The molecule has 0 aromatic heterocycles. The van der Waals surface area contributed by atoms with Gasteiger partial charge in [-0.05, 0) is 48.2 Å². The minimum Gasteiger partial charge on any atom is -0.484 e. The Bertz CT molecular complexity index is 668. The third-order valence-corrected chi connectivity index (χ3v) is 3.71. The van der Waals surface area contributed by atoms with Crippen LogP contribution in [0.2, 0.25) is 5.02 Å². The van der Waals surface area contributed by atoms with Crippen LogP contribution in [0.3, 0.4) is 0 Å². The minimum absolute atomic E-state index is 0.0499. The number of anilines is 1. The minimum atomic E-state index is -0.237.